The third-order valence-corrected chi connectivity index (χ3v) is 2.65. The molecule has 1 N–H and O–H groups in total. The van der Waals surface area contributed by atoms with Gasteiger partial charge in [-0.05, 0) is 12.1 Å². The molecule has 0 aromatic heterocycles. The third kappa shape index (κ3) is 2.55. The van der Waals surface area contributed by atoms with Crippen LogP contribution in [0, 0.1) is 11.6 Å². The monoisotopic (exact) mass is 358 g/mol. The number of hydrogen-bond donors (Lipinski definition) is 1. The van der Waals surface area contributed by atoms with Crippen LogP contribution in [0.15, 0.2) is 16.6 Å². The Hall–Kier alpha value is -0.900. The summed E-state index contributed by atoms with van der Waals surface area (Å²) in [5.41, 5.74) is -8.15. The molecule has 0 spiro atoms. The molecule has 108 valence electrons. The summed E-state index contributed by atoms with van der Waals surface area (Å²) < 4.78 is 101. The lowest BCUT2D eigenvalue weighted by molar-refractivity contribution is -0.377. The highest BCUT2D eigenvalue weighted by Crippen LogP contribution is 2.51. The van der Waals surface area contributed by atoms with Gasteiger partial charge in [0.25, 0.3) is 5.60 Å². The molecule has 1 aromatic rings. The minimum Gasteiger partial charge on any atom is -0.369 e. The van der Waals surface area contributed by atoms with Crippen LogP contribution in [0.3, 0.4) is 0 Å². The topological polar surface area (TPSA) is 20.2 Å². The van der Waals surface area contributed by atoms with Gasteiger partial charge >= 0.3 is 12.4 Å². The fourth-order valence-corrected chi connectivity index (χ4v) is 1.73. The molecular formula is C9H3BrF8O. The van der Waals surface area contributed by atoms with E-state index in [2.05, 4.69) is 15.9 Å². The lowest BCUT2D eigenvalue weighted by Crippen LogP contribution is -2.55. The van der Waals surface area contributed by atoms with E-state index in [9.17, 15) is 35.1 Å². The quantitative estimate of drug-likeness (QED) is 0.751. The predicted molar refractivity (Wildman–Crippen MR) is 50.1 cm³/mol. The van der Waals surface area contributed by atoms with Gasteiger partial charge in [0.1, 0.15) is 11.6 Å². The van der Waals surface area contributed by atoms with Gasteiger partial charge in [0.15, 0.2) is 0 Å². The van der Waals surface area contributed by atoms with Gasteiger partial charge in [0.05, 0.1) is 5.56 Å². The van der Waals surface area contributed by atoms with E-state index in [1.54, 1.807) is 0 Å². The Morgan fingerprint density at radius 2 is 1.16 bits per heavy atom. The van der Waals surface area contributed by atoms with E-state index in [0.29, 0.717) is 0 Å². The van der Waals surface area contributed by atoms with E-state index < -0.39 is 39.6 Å². The summed E-state index contributed by atoms with van der Waals surface area (Å²) in [7, 11) is 0. The third-order valence-electron chi connectivity index (χ3n) is 2.19. The Kier molecular flexibility index (Phi) is 3.90. The number of halogens is 9. The minimum atomic E-state index is -6.35. The second-order valence-electron chi connectivity index (χ2n) is 3.45. The molecule has 1 rings (SSSR count). The Bertz CT molecular complexity index is 455. The van der Waals surface area contributed by atoms with E-state index in [0.717, 1.165) is 0 Å². The molecule has 0 saturated heterocycles. The van der Waals surface area contributed by atoms with Crippen molar-refractivity contribution in [1.82, 2.24) is 0 Å². The first-order chi connectivity index (χ1) is 8.32. The number of alkyl halides is 6. The molecule has 0 bridgehead atoms. The molecule has 10 heteroatoms. The van der Waals surface area contributed by atoms with Gasteiger partial charge in [-0.1, -0.05) is 15.9 Å². The van der Waals surface area contributed by atoms with Gasteiger partial charge in [0.2, 0.25) is 0 Å². The highest BCUT2D eigenvalue weighted by Gasteiger charge is 2.73. The Morgan fingerprint density at radius 3 is 1.42 bits per heavy atom. The van der Waals surface area contributed by atoms with Crippen LogP contribution in [0.4, 0.5) is 35.1 Å². The van der Waals surface area contributed by atoms with Crippen LogP contribution in [-0.4, -0.2) is 17.5 Å². The van der Waals surface area contributed by atoms with Gasteiger partial charge in [-0.15, -0.1) is 0 Å². The molecule has 0 aliphatic rings. The SMILES string of the molecule is OC(c1c(F)cc(Br)cc1F)(C(F)(F)F)C(F)(F)F. The standard InChI is InChI=1S/C9H3BrF8O/c10-3-1-4(11)6(5(12)2-3)7(19,8(13,14)15)9(16,17)18/h1-2,19H. The summed E-state index contributed by atoms with van der Waals surface area (Å²) in [6.07, 6.45) is -12.7. The molecule has 0 unspecified atom stereocenters. The summed E-state index contributed by atoms with van der Waals surface area (Å²) in [6, 6.07) is 0.363. The fraction of sp³-hybridized carbons (Fsp3) is 0.333. The maximum Gasteiger partial charge on any atom is 0.430 e. The van der Waals surface area contributed by atoms with Crippen LogP contribution in [0.25, 0.3) is 0 Å². The smallest absolute Gasteiger partial charge is 0.369 e. The molecule has 0 radical (unpaired) electrons. The van der Waals surface area contributed by atoms with Crippen molar-refractivity contribution in [2.75, 3.05) is 0 Å². The van der Waals surface area contributed by atoms with Crippen molar-refractivity contribution in [3.63, 3.8) is 0 Å². The minimum absolute atomic E-state index is 0.181. The maximum absolute atomic E-state index is 13.2. The fourth-order valence-electron chi connectivity index (χ4n) is 1.33. The first-order valence-electron chi connectivity index (χ1n) is 4.33. The second-order valence-corrected chi connectivity index (χ2v) is 4.37. The molecular weight excluding hydrogens is 356 g/mol. The van der Waals surface area contributed by atoms with Crippen LogP contribution in [0.5, 0.6) is 0 Å². The van der Waals surface area contributed by atoms with E-state index in [1.165, 1.54) is 0 Å². The highest BCUT2D eigenvalue weighted by molar-refractivity contribution is 9.10. The van der Waals surface area contributed by atoms with Crippen molar-refractivity contribution in [3.8, 4) is 0 Å². The summed E-state index contributed by atoms with van der Waals surface area (Å²) in [5, 5.41) is 8.86. The number of rotatable bonds is 1. The van der Waals surface area contributed by atoms with E-state index >= 15 is 0 Å². The van der Waals surface area contributed by atoms with Gasteiger partial charge in [-0.2, -0.15) is 26.3 Å². The van der Waals surface area contributed by atoms with Crippen molar-refractivity contribution >= 4 is 15.9 Å². The molecule has 19 heavy (non-hydrogen) atoms. The van der Waals surface area contributed by atoms with Crippen molar-refractivity contribution in [2.24, 2.45) is 0 Å². The lowest BCUT2D eigenvalue weighted by atomic mass is 9.91. The zero-order valence-electron chi connectivity index (χ0n) is 8.50. The highest BCUT2D eigenvalue weighted by atomic mass is 79.9. The van der Waals surface area contributed by atoms with Crippen LogP contribution in [0.2, 0.25) is 0 Å². The van der Waals surface area contributed by atoms with Gasteiger partial charge < -0.3 is 5.11 Å². The average Bonchev–Trinajstić information content (AvgIpc) is 2.11. The number of aliphatic hydroxyl groups is 1. The van der Waals surface area contributed by atoms with E-state index in [-0.39, 0.29) is 12.1 Å². The van der Waals surface area contributed by atoms with Crippen LogP contribution >= 0.6 is 15.9 Å². The predicted octanol–water partition coefficient (Wildman–Crippen LogP) is 4.04. The molecule has 0 fully saturated rings. The zero-order valence-corrected chi connectivity index (χ0v) is 10.1. The first kappa shape index (κ1) is 16.2. The Balaban J connectivity index is 3.72. The average molecular weight is 359 g/mol. The van der Waals surface area contributed by atoms with E-state index in [1.807, 2.05) is 0 Å². The van der Waals surface area contributed by atoms with E-state index in [4.69, 9.17) is 5.11 Å². The molecule has 0 heterocycles. The molecule has 0 atom stereocenters. The molecule has 1 aromatic carbocycles. The zero-order chi connectivity index (χ0) is 15.2. The first-order valence-corrected chi connectivity index (χ1v) is 5.12. The van der Waals surface area contributed by atoms with Gasteiger partial charge in [0, 0.05) is 4.47 Å². The van der Waals surface area contributed by atoms with Crippen LogP contribution < -0.4 is 0 Å². The Morgan fingerprint density at radius 1 is 0.842 bits per heavy atom. The normalized spacial score (nSPS) is 13.8. The largest absolute Gasteiger partial charge is 0.430 e. The molecule has 0 amide bonds. The molecule has 0 saturated carbocycles. The number of benzene rings is 1. The maximum atomic E-state index is 13.2. The Labute approximate surface area is 109 Å². The summed E-state index contributed by atoms with van der Waals surface area (Å²) in [6.45, 7) is 0. The van der Waals surface area contributed by atoms with Crippen molar-refractivity contribution in [2.45, 2.75) is 18.0 Å². The van der Waals surface area contributed by atoms with Crippen molar-refractivity contribution in [1.29, 1.82) is 0 Å². The summed E-state index contributed by atoms with van der Waals surface area (Å²) >= 11 is 2.49. The number of hydrogen-bond acceptors (Lipinski definition) is 1. The van der Waals surface area contributed by atoms with Crippen LogP contribution in [0.1, 0.15) is 5.56 Å². The molecule has 0 aliphatic carbocycles. The van der Waals surface area contributed by atoms with Crippen LogP contribution in [-0.2, 0) is 5.60 Å². The lowest BCUT2D eigenvalue weighted by Gasteiger charge is -2.33. The summed E-state index contributed by atoms with van der Waals surface area (Å²) in [4.78, 5) is 0. The summed E-state index contributed by atoms with van der Waals surface area (Å²) in [5.74, 6) is -4.35. The van der Waals surface area contributed by atoms with Crippen molar-refractivity contribution in [3.05, 3.63) is 33.8 Å². The second kappa shape index (κ2) is 4.58. The van der Waals surface area contributed by atoms with Gasteiger partial charge in [-0.25, -0.2) is 8.78 Å². The molecule has 0 aliphatic heterocycles. The molecule has 1 nitrogen and oxygen atoms in total. The van der Waals surface area contributed by atoms with Gasteiger partial charge in [-0.3, -0.25) is 0 Å². The van der Waals surface area contributed by atoms with Crippen molar-refractivity contribution < 1.29 is 40.2 Å².